The van der Waals surface area contributed by atoms with Gasteiger partial charge < -0.3 is 10.0 Å². The highest BCUT2D eigenvalue weighted by Gasteiger charge is 2.04. The summed E-state index contributed by atoms with van der Waals surface area (Å²) in [7, 11) is 5.57. The molecule has 0 fully saturated rings. The summed E-state index contributed by atoms with van der Waals surface area (Å²) in [5.41, 5.74) is -0.903. The first-order valence-electron chi connectivity index (χ1n) is 3.99. The number of aliphatic hydroxyl groups is 1. The lowest BCUT2D eigenvalue weighted by Crippen LogP contribution is -2.22. The second-order valence-corrected chi connectivity index (χ2v) is 3.91. The molecule has 0 aliphatic rings. The van der Waals surface area contributed by atoms with Gasteiger partial charge in [-0.2, -0.15) is 0 Å². The largest absolute Gasteiger partial charge is 0.375 e. The first kappa shape index (κ1) is 12.4. The zero-order valence-corrected chi connectivity index (χ0v) is 9.04. The van der Waals surface area contributed by atoms with Crippen molar-refractivity contribution >= 4 is 23.9 Å². The molecule has 76 valence electrons. The SMILES string of the molecule is CN=C(CCS[C@@H](O)C=O)N(C)C. The molecule has 0 aliphatic heterocycles. The van der Waals surface area contributed by atoms with E-state index < -0.39 is 5.44 Å². The van der Waals surface area contributed by atoms with Crippen molar-refractivity contribution in [1.82, 2.24) is 4.90 Å². The molecular formula is C8H16N2O2S. The van der Waals surface area contributed by atoms with Crippen molar-refractivity contribution < 1.29 is 9.90 Å². The Kier molecular flexibility index (Phi) is 6.62. The van der Waals surface area contributed by atoms with E-state index in [0.717, 1.165) is 12.3 Å². The number of hydrogen-bond donors (Lipinski definition) is 1. The molecule has 0 saturated carbocycles. The smallest absolute Gasteiger partial charge is 0.158 e. The highest BCUT2D eigenvalue weighted by atomic mass is 32.2. The Morgan fingerprint density at radius 1 is 1.69 bits per heavy atom. The van der Waals surface area contributed by atoms with Crippen LogP contribution < -0.4 is 0 Å². The van der Waals surface area contributed by atoms with Gasteiger partial charge in [-0.05, 0) is 0 Å². The maximum atomic E-state index is 10.1. The standard InChI is InChI=1S/C8H16N2O2S/c1-9-7(10(2)3)4-5-13-8(12)6-11/h6,8,12H,4-5H2,1-3H3/t8-/m1/s1. The number of carbonyl (C=O) groups excluding carboxylic acids is 1. The van der Waals surface area contributed by atoms with Crippen LogP contribution in [0.15, 0.2) is 4.99 Å². The topological polar surface area (TPSA) is 52.9 Å². The van der Waals surface area contributed by atoms with Crippen LogP contribution in [-0.4, -0.2) is 54.5 Å². The Labute approximate surface area is 83.0 Å². The number of amidine groups is 1. The molecule has 13 heavy (non-hydrogen) atoms. The molecule has 1 atom stereocenters. The summed E-state index contributed by atoms with van der Waals surface area (Å²) < 4.78 is 0. The first-order chi connectivity index (χ1) is 6.11. The van der Waals surface area contributed by atoms with E-state index in [0.29, 0.717) is 12.0 Å². The zero-order chi connectivity index (χ0) is 10.3. The van der Waals surface area contributed by atoms with E-state index in [1.807, 2.05) is 19.0 Å². The van der Waals surface area contributed by atoms with Gasteiger partial charge in [0.2, 0.25) is 0 Å². The Morgan fingerprint density at radius 3 is 2.69 bits per heavy atom. The molecular weight excluding hydrogens is 188 g/mol. The molecule has 0 bridgehead atoms. The van der Waals surface area contributed by atoms with Crippen molar-refractivity contribution in [3.05, 3.63) is 0 Å². The summed E-state index contributed by atoms with van der Waals surface area (Å²) in [6.45, 7) is 0. The predicted octanol–water partition coefficient (Wildman–Crippen LogP) is 0.217. The van der Waals surface area contributed by atoms with Crippen LogP contribution in [-0.2, 0) is 4.79 Å². The normalized spacial score (nSPS) is 14.0. The van der Waals surface area contributed by atoms with Crippen LogP contribution in [0, 0.1) is 0 Å². The Balaban J connectivity index is 3.68. The van der Waals surface area contributed by atoms with Crippen molar-refractivity contribution in [2.24, 2.45) is 4.99 Å². The van der Waals surface area contributed by atoms with Gasteiger partial charge in [0.25, 0.3) is 0 Å². The number of hydrogen-bond acceptors (Lipinski definition) is 4. The van der Waals surface area contributed by atoms with Crippen LogP contribution >= 0.6 is 11.8 Å². The molecule has 0 radical (unpaired) electrons. The van der Waals surface area contributed by atoms with Crippen LogP contribution in [0.4, 0.5) is 0 Å². The van der Waals surface area contributed by atoms with Crippen LogP contribution in [0.2, 0.25) is 0 Å². The lowest BCUT2D eigenvalue weighted by molar-refractivity contribution is -0.111. The van der Waals surface area contributed by atoms with Gasteiger partial charge in [-0.25, -0.2) is 0 Å². The first-order valence-corrected chi connectivity index (χ1v) is 5.04. The van der Waals surface area contributed by atoms with E-state index >= 15 is 0 Å². The summed E-state index contributed by atoms with van der Waals surface area (Å²) in [5.74, 6) is 1.66. The van der Waals surface area contributed by atoms with Crippen LogP contribution in [0.3, 0.4) is 0 Å². The molecule has 0 saturated heterocycles. The predicted molar refractivity (Wildman–Crippen MR) is 56.2 cm³/mol. The van der Waals surface area contributed by atoms with Gasteiger partial charge >= 0.3 is 0 Å². The lowest BCUT2D eigenvalue weighted by Gasteiger charge is -2.14. The molecule has 0 aromatic heterocycles. The van der Waals surface area contributed by atoms with E-state index in [1.54, 1.807) is 7.05 Å². The van der Waals surface area contributed by atoms with Gasteiger partial charge in [0.1, 0.15) is 0 Å². The van der Waals surface area contributed by atoms with Crippen molar-refractivity contribution in [3.63, 3.8) is 0 Å². The quantitative estimate of drug-likeness (QED) is 0.301. The second-order valence-electron chi connectivity index (χ2n) is 2.68. The number of carbonyl (C=O) groups is 1. The molecule has 4 nitrogen and oxygen atoms in total. The van der Waals surface area contributed by atoms with Gasteiger partial charge in [-0.3, -0.25) is 9.79 Å². The molecule has 0 aromatic rings. The van der Waals surface area contributed by atoms with Gasteiger partial charge in [0.15, 0.2) is 11.7 Å². The molecule has 0 aliphatic carbocycles. The summed E-state index contributed by atoms with van der Waals surface area (Å²) in [4.78, 5) is 16.1. The maximum Gasteiger partial charge on any atom is 0.158 e. The number of thioether (sulfide) groups is 1. The van der Waals surface area contributed by atoms with E-state index in [4.69, 9.17) is 5.11 Å². The number of aliphatic imine (C=N–C) groups is 1. The van der Waals surface area contributed by atoms with Crippen molar-refractivity contribution in [3.8, 4) is 0 Å². The van der Waals surface area contributed by atoms with Crippen molar-refractivity contribution in [1.29, 1.82) is 0 Å². The van der Waals surface area contributed by atoms with Crippen LogP contribution in [0.25, 0.3) is 0 Å². The molecule has 0 rings (SSSR count). The average Bonchev–Trinajstić information content (AvgIpc) is 2.11. The van der Waals surface area contributed by atoms with Crippen molar-refractivity contribution in [2.75, 3.05) is 26.9 Å². The van der Waals surface area contributed by atoms with Crippen LogP contribution in [0.5, 0.6) is 0 Å². The molecule has 0 amide bonds. The second kappa shape index (κ2) is 6.91. The number of rotatable bonds is 5. The lowest BCUT2D eigenvalue weighted by atomic mass is 10.4. The van der Waals surface area contributed by atoms with E-state index in [9.17, 15) is 4.79 Å². The van der Waals surface area contributed by atoms with Gasteiger partial charge in [0, 0.05) is 33.3 Å². The fourth-order valence-corrected chi connectivity index (χ4v) is 1.47. The third-order valence-electron chi connectivity index (χ3n) is 1.51. The zero-order valence-electron chi connectivity index (χ0n) is 8.23. The third-order valence-corrected chi connectivity index (χ3v) is 2.40. The molecule has 0 spiro atoms. The molecule has 0 heterocycles. The summed E-state index contributed by atoms with van der Waals surface area (Å²) in [6.07, 6.45) is 1.29. The number of aldehydes is 1. The van der Waals surface area contributed by atoms with E-state index in [2.05, 4.69) is 4.99 Å². The van der Waals surface area contributed by atoms with Gasteiger partial charge in [-0.1, -0.05) is 0 Å². The molecule has 5 heteroatoms. The molecule has 1 N–H and O–H groups in total. The summed E-state index contributed by atoms with van der Waals surface area (Å²) in [5, 5.41) is 8.92. The Morgan fingerprint density at radius 2 is 2.31 bits per heavy atom. The minimum absolute atomic E-state index is 0.531. The third kappa shape index (κ3) is 5.65. The van der Waals surface area contributed by atoms with E-state index in [1.165, 1.54) is 11.8 Å². The fraction of sp³-hybridized carbons (Fsp3) is 0.750. The Bertz CT molecular complexity index is 183. The highest BCUT2D eigenvalue weighted by molar-refractivity contribution is 8.00. The highest BCUT2D eigenvalue weighted by Crippen LogP contribution is 2.08. The van der Waals surface area contributed by atoms with Gasteiger partial charge in [0.05, 0.1) is 5.84 Å². The summed E-state index contributed by atoms with van der Waals surface area (Å²) >= 11 is 1.22. The maximum absolute atomic E-state index is 10.1. The fourth-order valence-electron chi connectivity index (χ4n) is 0.846. The minimum atomic E-state index is -0.903. The monoisotopic (exact) mass is 204 g/mol. The van der Waals surface area contributed by atoms with E-state index in [-0.39, 0.29) is 0 Å². The molecule has 0 aromatic carbocycles. The van der Waals surface area contributed by atoms with Crippen molar-refractivity contribution in [2.45, 2.75) is 11.9 Å². The Hall–Kier alpha value is -0.550. The molecule has 0 unspecified atom stereocenters. The number of nitrogens with zero attached hydrogens (tertiary/aromatic N) is 2. The number of aliphatic hydroxyl groups excluding tert-OH is 1. The van der Waals surface area contributed by atoms with Gasteiger partial charge in [-0.15, -0.1) is 11.8 Å². The van der Waals surface area contributed by atoms with Crippen LogP contribution in [0.1, 0.15) is 6.42 Å². The average molecular weight is 204 g/mol. The summed E-state index contributed by atoms with van der Waals surface area (Å²) in [6, 6.07) is 0. The minimum Gasteiger partial charge on any atom is -0.375 e.